The van der Waals surface area contributed by atoms with E-state index < -0.39 is 5.41 Å². The number of hydrogen-bond acceptors (Lipinski definition) is 7. The van der Waals surface area contributed by atoms with E-state index in [1.807, 2.05) is 43.0 Å². The molecular formula is C26H33N5O3S. The van der Waals surface area contributed by atoms with Crippen molar-refractivity contribution in [3.8, 4) is 10.6 Å². The summed E-state index contributed by atoms with van der Waals surface area (Å²) >= 11 is 1.39. The summed E-state index contributed by atoms with van der Waals surface area (Å²) in [6.07, 6.45) is 5.48. The van der Waals surface area contributed by atoms with E-state index in [2.05, 4.69) is 9.88 Å². The zero-order valence-electron chi connectivity index (χ0n) is 20.4. The van der Waals surface area contributed by atoms with Crippen molar-refractivity contribution in [1.29, 1.82) is 0 Å². The molecular weight excluding hydrogens is 462 g/mol. The molecule has 2 aromatic rings. The van der Waals surface area contributed by atoms with Gasteiger partial charge in [0.2, 0.25) is 11.8 Å². The van der Waals surface area contributed by atoms with E-state index in [0.717, 1.165) is 42.8 Å². The van der Waals surface area contributed by atoms with Crippen LogP contribution >= 0.6 is 11.3 Å². The molecule has 0 bridgehead atoms. The molecule has 5 heterocycles. The zero-order valence-corrected chi connectivity index (χ0v) is 21.2. The molecule has 0 aliphatic carbocycles. The monoisotopic (exact) mass is 495 g/mol. The first kappa shape index (κ1) is 23.9. The first-order valence-electron chi connectivity index (χ1n) is 12.5. The summed E-state index contributed by atoms with van der Waals surface area (Å²) in [6, 6.07) is 7.78. The van der Waals surface area contributed by atoms with E-state index >= 15 is 0 Å². The third-order valence-electron chi connectivity index (χ3n) is 7.73. The van der Waals surface area contributed by atoms with Crippen LogP contribution < -0.4 is 5.73 Å². The number of nitrogens with zero attached hydrogens (tertiary/aromatic N) is 4. The summed E-state index contributed by atoms with van der Waals surface area (Å²) in [7, 11) is 0. The molecule has 35 heavy (non-hydrogen) atoms. The fraction of sp³-hybridized carbons (Fsp3) is 0.538. The van der Waals surface area contributed by atoms with Gasteiger partial charge in [0.1, 0.15) is 0 Å². The van der Waals surface area contributed by atoms with Crippen LogP contribution in [0.4, 0.5) is 5.00 Å². The largest absolute Gasteiger partial charge is 0.390 e. The minimum absolute atomic E-state index is 0.00598. The zero-order chi connectivity index (χ0) is 24.7. The quantitative estimate of drug-likeness (QED) is 0.654. The molecule has 2 aromatic heterocycles. The summed E-state index contributed by atoms with van der Waals surface area (Å²) in [5, 5.41) is 0.523. The minimum atomic E-state index is -0.570. The second-order valence-corrected chi connectivity index (χ2v) is 11.4. The number of piperidine rings is 2. The molecule has 1 atom stereocenters. The van der Waals surface area contributed by atoms with Gasteiger partial charge in [-0.05, 0) is 64.3 Å². The van der Waals surface area contributed by atoms with Crippen molar-refractivity contribution in [2.75, 3.05) is 31.9 Å². The highest BCUT2D eigenvalue weighted by Gasteiger charge is 2.54. The predicted octanol–water partition coefficient (Wildman–Crippen LogP) is 3.25. The van der Waals surface area contributed by atoms with E-state index in [-0.39, 0.29) is 23.8 Å². The van der Waals surface area contributed by atoms with Crippen LogP contribution in [0.3, 0.4) is 0 Å². The molecule has 0 radical (unpaired) electrons. The van der Waals surface area contributed by atoms with E-state index in [4.69, 9.17) is 5.73 Å². The van der Waals surface area contributed by atoms with Gasteiger partial charge >= 0.3 is 0 Å². The summed E-state index contributed by atoms with van der Waals surface area (Å²) in [5.74, 6) is -0.0595. The number of hydrogen-bond donors (Lipinski definition) is 1. The predicted molar refractivity (Wildman–Crippen MR) is 136 cm³/mol. The van der Waals surface area contributed by atoms with Gasteiger partial charge in [0.05, 0.1) is 26.6 Å². The Balaban J connectivity index is 1.22. The van der Waals surface area contributed by atoms with Crippen molar-refractivity contribution in [2.45, 2.75) is 58.0 Å². The van der Waals surface area contributed by atoms with Crippen LogP contribution in [-0.2, 0) is 9.59 Å². The number of nitrogens with two attached hydrogens (primary N) is 1. The lowest BCUT2D eigenvalue weighted by Gasteiger charge is -2.45. The fourth-order valence-corrected chi connectivity index (χ4v) is 6.85. The Hall–Kier alpha value is -2.78. The molecule has 3 amide bonds. The number of pyridine rings is 1. The van der Waals surface area contributed by atoms with Crippen LogP contribution in [0.1, 0.15) is 56.3 Å². The number of anilines is 1. The summed E-state index contributed by atoms with van der Waals surface area (Å²) in [4.78, 5) is 50.1. The SMILES string of the molecule is CC(C)N1C(=O)CC2(CCCN(C3CCN(C(=O)c4cc(-c5ccccn5)sc4N)CC3)C2)C1=O. The molecule has 0 aromatic carbocycles. The van der Waals surface area contributed by atoms with Crippen LogP contribution in [0.25, 0.3) is 10.6 Å². The normalized spacial score (nSPS) is 24.2. The van der Waals surface area contributed by atoms with Gasteiger partial charge in [-0.15, -0.1) is 11.3 Å². The number of carbonyl (C=O) groups excluding carboxylic acids is 3. The molecule has 3 aliphatic heterocycles. The van der Waals surface area contributed by atoms with Crippen LogP contribution in [0.5, 0.6) is 0 Å². The number of imide groups is 1. The Labute approximate surface area is 210 Å². The lowest BCUT2D eigenvalue weighted by Crippen LogP contribution is -2.54. The lowest BCUT2D eigenvalue weighted by molar-refractivity contribution is -0.145. The molecule has 1 unspecified atom stereocenters. The van der Waals surface area contributed by atoms with Crippen LogP contribution in [-0.4, -0.2) is 75.7 Å². The topological polar surface area (TPSA) is 99.8 Å². The van der Waals surface area contributed by atoms with E-state index in [1.165, 1.54) is 16.2 Å². The maximum Gasteiger partial charge on any atom is 0.256 e. The van der Waals surface area contributed by atoms with Crippen LogP contribution in [0.2, 0.25) is 0 Å². The fourth-order valence-electron chi connectivity index (χ4n) is 5.95. The summed E-state index contributed by atoms with van der Waals surface area (Å²) in [6.45, 7) is 6.71. The second-order valence-electron chi connectivity index (χ2n) is 10.3. The van der Waals surface area contributed by atoms with Gasteiger partial charge in [0.25, 0.3) is 5.91 Å². The smallest absolute Gasteiger partial charge is 0.256 e. The van der Waals surface area contributed by atoms with Crippen molar-refractivity contribution in [2.24, 2.45) is 5.41 Å². The molecule has 3 fully saturated rings. The highest BCUT2D eigenvalue weighted by atomic mass is 32.1. The third kappa shape index (κ3) is 4.36. The van der Waals surface area contributed by atoms with E-state index in [0.29, 0.717) is 42.7 Å². The molecule has 186 valence electrons. The van der Waals surface area contributed by atoms with Gasteiger partial charge in [-0.1, -0.05) is 6.07 Å². The average Bonchev–Trinajstić information content (AvgIpc) is 3.36. The van der Waals surface area contributed by atoms with Gasteiger partial charge < -0.3 is 10.6 Å². The molecule has 3 saturated heterocycles. The standard InChI is InChI=1S/C26H33N5O3S/c1-17(2)31-22(32)15-26(25(31)34)9-5-11-30(16-26)18-7-12-29(13-8-18)24(33)19-14-21(35-23(19)27)20-6-3-4-10-28-20/h3-4,6,10,14,17-18H,5,7-9,11-13,15-16,27H2,1-2H3. The highest BCUT2D eigenvalue weighted by Crippen LogP contribution is 2.43. The third-order valence-corrected chi connectivity index (χ3v) is 8.72. The maximum atomic E-state index is 13.3. The number of likely N-dealkylation sites (tertiary alicyclic amines) is 3. The van der Waals surface area contributed by atoms with Crippen LogP contribution in [0, 0.1) is 5.41 Å². The molecule has 5 rings (SSSR count). The van der Waals surface area contributed by atoms with Gasteiger partial charge in [-0.25, -0.2) is 0 Å². The Morgan fingerprint density at radius 1 is 1.20 bits per heavy atom. The molecule has 0 saturated carbocycles. The van der Waals surface area contributed by atoms with Gasteiger partial charge in [-0.2, -0.15) is 0 Å². The number of carbonyl (C=O) groups is 3. The van der Waals surface area contributed by atoms with E-state index in [1.54, 1.807) is 6.20 Å². The minimum Gasteiger partial charge on any atom is -0.390 e. The Morgan fingerprint density at radius 3 is 2.63 bits per heavy atom. The van der Waals surface area contributed by atoms with Crippen LogP contribution in [0.15, 0.2) is 30.5 Å². The van der Waals surface area contributed by atoms with Crippen molar-refractivity contribution >= 4 is 34.1 Å². The van der Waals surface area contributed by atoms with Gasteiger partial charge in [-0.3, -0.25) is 29.2 Å². The van der Waals surface area contributed by atoms with Gasteiger partial charge in [0, 0.05) is 44.3 Å². The van der Waals surface area contributed by atoms with Gasteiger partial charge in [0.15, 0.2) is 0 Å². The molecule has 2 N–H and O–H groups in total. The first-order valence-corrected chi connectivity index (χ1v) is 13.3. The van der Waals surface area contributed by atoms with Crippen molar-refractivity contribution in [3.63, 3.8) is 0 Å². The second kappa shape index (κ2) is 9.35. The van der Waals surface area contributed by atoms with E-state index in [9.17, 15) is 14.4 Å². The van der Waals surface area contributed by atoms with Crippen molar-refractivity contribution in [3.05, 3.63) is 36.0 Å². The Kier molecular flexibility index (Phi) is 6.40. The Bertz CT molecular complexity index is 1130. The summed E-state index contributed by atoms with van der Waals surface area (Å²) in [5.41, 5.74) is 7.02. The van der Waals surface area contributed by atoms with Crippen molar-refractivity contribution in [1.82, 2.24) is 19.7 Å². The number of aromatic nitrogens is 1. The number of amides is 3. The maximum absolute atomic E-state index is 13.3. The molecule has 9 heteroatoms. The van der Waals surface area contributed by atoms with Crippen molar-refractivity contribution < 1.29 is 14.4 Å². The Morgan fingerprint density at radius 2 is 1.97 bits per heavy atom. The molecule has 8 nitrogen and oxygen atoms in total. The number of thiophene rings is 1. The number of nitrogen functional groups attached to an aromatic ring is 1. The molecule has 3 aliphatic rings. The highest BCUT2D eigenvalue weighted by molar-refractivity contribution is 7.19. The number of rotatable bonds is 4. The first-order chi connectivity index (χ1) is 16.8. The summed E-state index contributed by atoms with van der Waals surface area (Å²) < 4.78 is 0. The lowest BCUT2D eigenvalue weighted by atomic mass is 9.77. The average molecular weight is 496 g/mol. The molecule has 1 spiro atoms.